The maximum absolute atomic E-state index is 14.1. The molecule has 0 bridgehead atoms. The minimum Gasteiger partial charge on any atom is -0.466 e. The first-order valence-electron chi connectivity index (χ1n) is 38.5. The van der Waals surface area contributed by atoms with Gasteiger partial charge in [-0.1, -0.05) is 27.7 Å². The number of aromatic amines is 2. The Morgan fingerprint density at radius 1 is 0.491 bits per heavy atom. The largest absolute Gasteiger partial charge is 0.498 e. The van der Waals surface area contributed by atoms with Crippen molar-refractivity contribution >= 4 is 64.2 Å². The fraction of sp³-hybridized carbons (Fsp3) is 0.615. The number of rotatable bonds is 22. The summed E-state index contributed by atoms with van der Waals surface area (Å²) in [6, 6.07) is 1.61. The second-order valence-electron chi connectivity index (χ2n) is 30.6. The molecule has 3 saturated heterocycles. The number of likely N-dealkylation sites (tertiary alicyclic amines) is 2. The van der Waals surface area contributed by atoms with Crippen molar-refractivity contribution in [3.05, 3.63) is 124 Å². The van der Waals surface area contributed by atoms with Gasteiger partial charge in [-0.2, -0.15) is 62.9 Å². The number of esters is 2. The van der Waals surface area contributed by atoms with E-state index >= 15 is 0 Å². The van der Waals surface area contributed by atoms with Gasteiger partial charge in [-0.3, -0.25) is 29.4 Å². The molecule has 34 heteroatoms. The first-order chi connectivity index (χ1) is 52.8. The Balaban J connectivity index is 0.000000219. The van der Waals surface area contributed by atoms with Crippen LogP contribution in [0, 0.1) is 23.7 Å². The lowest BCUT2D eigenvalue weighted by Gasteiger charge is -2.49. The van der Waals surface area contributed by atoms with Gasteiger partial charge in [0.15, 0.2) is 0 Å². The van der Waals surface area contributed by atoms with E-state index in [0.29, 0.717) is 119 Å². The normalized spacial score (nSPS) is 23.4. The lowest BCUT2D eigenvalue weighted by atomic mass is 9.78. The molecule has 2 aliphatic carbocycles. The smallest absolute Gasteiger partial charge is 0.466 e. The van der Waals surface area contributed by atoms with E-state index in [1.807, 2.05) is 65.2 Å². The Morgan fingerprint density at radius 2 is 0.830 bits per heavy atom. The average Bonchev–Trinajstić information content (AvgIpc) is 1.58. The predicted octanol–water partition coefficient (Wildman–Crippen LogP) is 17.5. The van der Waals surface area contributed by atoms with E-state index in [9.17, 15) is 71.9 Å². The van der Waals surface area contributed by atoms with Crippen LogP contribution in [0.25, 0.3) is 11.1 Å². The van der Waals surface area contributed by atoms with Crippen LogP contribution in [0.5, 0.6) is 0 Å². The first kappa shape index (κ1) is 88.1. The number of carbonyl (C=O) groups is 4. The van der Waals surface area contributed by atoms with Gasteiger partial charge < -0.3 is 38.4 Å². The van der Waals surface area contributed by atoms with Crippen LogP contribution >= 0.6 is 15.9 Å². The summed E-state index contributed by atoms with van der Waals surface area (Å²) in [6.45, 7) is 19.6. The van der Waals surface area contributed by atoms with Crippen LogP contribution in [0.2, 0.25) is 0 Å². The van der Waals surface area contributed by atoms with E-state index in [2.05, 4.69) is 56.3 Å². The quantitative estimate of drug-likeness (QED) is 0.0366. The zero-order chi connectivity index (χ0) is 81.8. The van der Waals surface area contributed by atoms with Crippen molar-refractivity contribution in [1.82, 2.24) is 50.1 Å². The number of halogens is 13. The average molecular weight is 1650 g/mol. The molecule has 6 aromatic rings. The summed E-state index contributed by atoms with van der Waals surface area (Å²) in [4.78, 5) is 77.3. The third-order valence-electron chi connectivity index (χ3n) is 22.6. The summed E-state index contributed by atoms with van der Waals surface area (Å²) < 4.78 is 188. The third-order valence-corrected chi connectivity index (χ3v) is 23.0. The van der Waals surface area contributed by atoms with Gasteiger partial charge in [0.25, 0.3) is 0 Å². The number of amides is 2. The maximum atomic E-state index is 14.1. The number of ether oxygens (including phenoxy) is 2. The summed E-state index contributed by atoms with van der Waals surface area (Å²) in [6.07, 6.45) is 3.40. The number of hydrogen-bond donors (Lipinski definition) is 2. The molecular weight excluding hydrogens is 1550 g/mol. The van der Waals surface area contributed by atoms with Crippen molar-refractivity contribution < 1.29 is 90.6 Å². The Hall–Kier alpha value is -7.88. The lowest BCUT2D eigenvalue weighted by molar-refractivity contribution is -0.147. The monoisotopic (exact) mass is 1650 g/mol. The zero-order valence-electron chi connectivity index (χ0n) is 64.6. The SMILES string of the molecule is CC1(C)OB(c2cn[nH]c2)OC1(C)C.CCOC(=O)CC1CCC(C(=O)N2[C@H](CC)CC(N(Cc3cc(C(F)(F)F)cc(C(F)(F)F)c3)c3ncc(-c4cn[nH]c4)cn3)C[C@@H]2CC)CC1.CCOC(=O)CC1CCC(C(=O)N2[C@H](CC)CC(N(Cc3cc(C(F)(F)F)cc(C(F)(F)F)c3)c3ncc(Br)cn3)C[C@@H]2CC)CC1. The van der Waals surface area contributed by atoms with E-state index in [0.717, 1.165) is 55.4 Å². The minimum atomic E-state index is -4.99. The maximum Gasteiger partial charge on any atom is 0.498 e. The van der Waals surface area contributed by atoms with Crippen LogP contribution in [-0.2, 0) is 75.8 Å². The predicted molar refractivity (Wildman–Crippen MR) is 398 cm³/mol. The van der Waals surface area contributed by atoms with Gasteiger partial charge in [-0.15, -0.1) is 0 Å². The molecule has 2 amide bonds. The fourth-order valence-corrected chi connectivity index (χ4v) is 16.1. The Kier molecular flexibility index (Phi) is 29.6. The lowest BCUT2D eigenvalue weighted by Crippen LogP contribution is -2.58. The highest BCUT2D eigenvalue weighted by Gasteiger charge is 2.53. The molecule has 5 fully saturated rings. The van der Waals surface area contributed by atoms with Crippen molar-refractivity contribution in [2.75, 3.05) is 23.0 Å². The topological polar surface area (TPSA) is 227 Å². The Bertz CT molecular complexity index is 3920. The van der Waals surface area contributed by atoms with E-state index in [1.165, 1.54) is 12.4 Å². The minimum absolute atomic E-state index is 0.0571. The van der Waals surface area contributed by atoms with Crippen LogP contribution in [0.15, 0.2) is 90.4 Å². The van der Waals surface area contributed by atoms with Crippen molar-refractivity contribution in [3.8, 4) is 11.1 Å². The third kappa shape index (κ3) is 22.6. The summed E-state index contributed by atoms with van der Waals surface area (Å²) in [5, 5.41) is 13.3. The molecular formula is C78H100BBrF12N12O8. The highest BCUT2D eigenvalue weighted by atomic mass is 79.9. The van der Waals surface area contributed by atoms with Crippen molar-refractivity contribution in [2.24, 2.45) is 23.7 Å². The number of carbonyl (C=O) groups excluding carboxylic acids is 4. The summed E-state index contributed by atoms with van der Waals surface area (Å²) in [5.74, 6) is -0.00941. The molecule has 5 aliphatic rings. The number of anilines is 2. The number of H-pyrrole nitrogens is 2. The molecule has 112 heavy (non-hydrogen) atoms. The molecule has 0 radical (unpaired) electrons. The molecule has 4 aromatic heterocycles. The van der Waals surface area contributed by atoms with E-state index < -0.39 is 53.0 Å². The standard InChI is InChI=1S/C36H44F6N6O3.C33H41BrF6N4O3.C9H15BN2O2/c1-4-29-15-31(16-30(5-2)48(29)33(50)24-9-7-22(8-10-24)13-32(49)51-6-3)47(34-43-17-25(18-44-34)26-19-45-46-20-26)21-23-11-27(35(37,38)39)14-28(12-23)36(40,41)42;1-4-26-15-28(16-27(5-2)44(26)30(46)22-9-7-20(8-10-22)13-29(45)47-6-3)43(31-41-17-25(34)18-42-31)19-21-11-23(32(35,36)37)14-24(12-21)33(38,39)40;1-8(2)9(3,4)14-10(13-8)7-5-11-12-6-7/h11-12,14,17-20,22,24,29-31H,4-10,13,15-16,21H2,1-3H3,(H,45,46);11-12,14,17-18,20,22,26-28H,4-10,13,15-16,19H2,1-3H3;5-6H,1-4H3,(H,11,12)/t22?,24?,29-,30+,31?;20?,22?,26-,27+,28?;. The molecule has 2 saturated carbocycles. The van der Waals surface area contributed by atoms with Crippen molar-refractivity contribution in [3.63, 3.8) is 0 Å². The van der Waals surface area contributed by atoms with E-state index in [4.69, 9.17) is 18.8 Å². The molecule has 6 atom stereocenters. The van der Waals surface area contributed by atoms with Crippen molar-refractivity contribution in [2.45, 2.75) is 270 Å². The second-order valence-corrected chi connectivity index (χ2v) is 31.5. The molecule has 2 N–H and O–H groups in total. The van der Waals surface area contributed by atoms with Crippen LogP contribution < -0.4 is 15.3 Å². The van der Waals surface area contributed by atoms with Gasteiger partial charge in [0.1, 0.15) is 0 Å². The number of nitrogens with one attached hydrogen (secondary N) is 2. The number of nitrogens with zero attached hydrogens (tertiary/aromatic N) is 10. The highest BCUT2D eigenvalue weighted by molar-refractivity contribution is 9.10. The van der Waals surface area contributed by atoms with Crippen LogP contribution in [0.1, 0.15) is 218 Å². The van der Waals surface area contributed by atoms with Gasteiger partial charge in [-0.05, 0) is 220 Å². The van der Waals surface area contributed by atoms with Crippen LogP contribution in [0.3, 0.4) is 0 Å². The van der Waals surface area contributed by atoms with Gasteiger partial charge in [0, 0.05) is 134 Å². The molecule has 0 spiro atoms. The molecule has 3 aliphatic heterocycles. The van der Waals surface area contributed by atoms with E-state index in [1.54, 1.807) is 60.8 Å². The Labute approximate surface area is 653 Å². The number of aromatic nitrogens is 8. The summed E-state index contributed by atoms with van der Waals surface area (Å²) >= 11 is 3.28. The molecule has 20 nitrogen and oxygen atoms in total. The molecule has 2 aromatic carbocycles. The van der Waals surface area contributed by atoms with Gasteiger partial charge >= 0.3 is 43.8 Å². The number of benzene rings is 2. The van der Waals surface area contributed by atoms with Gasteiger partial charge in [0.2, 0.25) is 23.7 Å². The molecule has 2 unspecified atom stereocenters. The number of hydrogen-bond acceptors (Lipinski definition) is 16. The fourth-order valence-electron chi connectivity index (χ4n) is 15.9. The number of alkyl halides is 12. The molecule has 7 heterocycles. The first-order valence-corrected chi connectivity index (χ1v) is 39.3. The van der Waals surface area contributed by atoms with Crippen LogP contribution in [-0.4, -0.2) is 142 Å². The molecule has 11 rings (SSSR count). The van der Waals surface area contributed by atoms with Gasteiger partial charge in [-0.25, -0.2) is 19.9 Å². The molecule has 614 valence electrons. The summed E-state index contributed by atoms with van der Waals surface area (Å²) in [5.41, 5.74) is -4.19. The Morgan fingerprint density at radius 3 is 1.13 bits per heavy atom. The van der Waals surface area contributed by atoms with Gasteiger partial charge in [0.05, 0.1) is 57.3 Å². The van der Waals surface area contributed by atoms with Crippen LogP contribution in [0.4, 0.5) is 64.6 Å². The highest BCUT2D eigenvalue weighted by Crippen LogP contribution is 2.45. The zero-order valence-corrected chi connectivity index (χ0v) is 66.2. The number of piperidine rings is 2. The van der Waals surface area contributed by atoms with E-state index in [-0.39, 0.29) is 144 Å². The second kappa shape index (κ2) is 37.6. The summed E-state index contributed by atoms with van der Waals surface area (Å²) in [7, 11) is -0.307. The van der Waals surface area contributed by atoms with Crippen molar-refractivity contribution in [1.29, 1.82) is 0 Å².